The number of hydrogen-bond acceptors (Lipinski definition) is 6. The van der Waals surface area contributed by atoms with E-state index in [0.717, 1.165) is 61.4 Å². The highest BCUT2D eigenvalue weighted by Crippen LogP contribution is 2.28. The van der Waals surface area contributed by atoms with Crippen LogP contribution in [0.1, 0.15) is 16.3 Å². The molecular formula is C20H31N3O4S+2. The van der Waals surface area contributed by atoms with Gasteiger partial charge in [-0.3, -0.25) is 0 Å². The summed E-state index contributed by atoms with van der Waals surface area (Å²) in [6, 6.07) is 5.98. The zero-order valence-corrected chi connectivity index (χ0v) is 17.5. The topological polar surface area (TPSA) is 81.9 Å². The molecule has 7 nitrogen and oxygen atoms in total. The number of hydrogen-bond donors (Lipinski definition) is 3. The van der Waals surface area contributed by atoms with Crippen molar-refractivity contribution in [2.24, 2.45) is 0 Å². The van der Waals surface area contributed by atoms with E-state index in [4.69, 9.17) is 14.2 Å². The number of ether oxygens (including phenoxy) is 3. The van der Waals surface area contributed by atoms with Crippen LogP contribution >= 0.6 is 11.3 Å². The molecule has 154 valence electrons. The van der Waals surface area contributed by atoms with Gasteiger partial charge in [-0.05, 0) is 25.1 Å². The van der Waals surface area contributed by atoms with E-state index in [0.29, 0.717) is 18.9 Å². The van der Waals surface area contributed by atoms with Crippen molar-refractivity contribution in [1.82, 2.24) is 4.98 Å². The molecule has 0 radical (unpaired) electrons. The summed E-state index contributed by atoms with van der Waals surface area (Å²) < 4.78 is 16.7. The van der Waals surface area contributed by atoms with Gasteiger partial charge in [0.15, 0.2) is 17.6 Å². The van der Waals surface area contributed by atoms with E-state index < -0.39 is 0 Å². The van der Waals surface area contributed by atoms with Gasteiger partial charge in [0.1, 0.15) is 39.3 Å². The van der Waals surface area contributed by atoms with Crippen LogP contribution < -0.4 is 19.7 Å². The molecule has 1 aliphatic rings. The molecule has 28 heavy (non-hydrogen) atoms. The Hall–Kier alpha value is -1.71. The molecule has 3 rings (SSSR count). The van der Waals surface area contributed by atoms with Crippen molar-refractivity contribution in [1.29, 1.82) is 0 Å². The lowest BCUT2D eigenvalue weighted by Crippen LogP contribution is -3.15. The van der Waals surface area contributed by atoms with Gasteiger partial charge < -0.3 is 29.5 Å². The Labute approximate surface area is 170 Å². The van der Waals surface area contributed by atoms with Gasteiger partial charge in [-0.2, -0.15) is 0 Å². The van der Waals surface area contributed by atoms with E-state index in [1.165, 1.54) is 4.90 Å². The number of aliphatic hydroxyl groups is 1. The molecule has 0 unspecified atom stereocenters. The first kappa shape index (κ1) is 21.0. The van der Waals surface area contributed by atoms with Gasteiger partial charge in [0.05, 0.1) is 31.0 Å². The van der Waals surface area contributed by atoms with Crippen molar-refractivity contribution >= 4 is 11.3 Å². The second-order valence-corrected chi connectivity index (χ2v) is 8.14. The molecule has 2 aromatic rings. The number of quaternary nitrogens is 2. The summed E-state index contributed by atoms with van der Waals surface area (Å²) in [5, 5.41) is 15.4. The van der Waals surface area contributed by atoms with Crippen molar-refractivity contribution in [3.63, 3.8) is 0 Å². The maximum absolute atomic E-state index is 10.3. The van der Waals surface area contributed by atoms with E-state index in [2.05, 4.69) is 10.3 Å². The lowest BCUT2D eigenvalue weighted by Gasteiger charge is -2.25. The third-order valence-electron chi connectivity index (χ3n) is 4.81. The molecule has 0 spiro atoms. The van der Waals surface area contributed by atoms with Crippen LogP contribution in [0.2, 0.25) is 0 Å². The average Bonchev–Trinajstić information content (AvgIpc) is 3.12. The Morgan fingerprint density at radius 1 is 1.32 bits per heavy atom. The van der Waals surface area contributed by atoms with Crippen LogP contribution in [0.5, 0.6) is 11.5 Å². The second-order valence-electron chi connectivity index (χ2n) is 7.08. The van der Waals surface area contributed by atoms with E-state index in [-0.39, 0.29) is 6.10 Å². The molecule has 0 amide bonds. The normalized spacial score (nSPS) is 16.1. The summed E-state index contributed by atoms with van der Waals surface area (Å²) >= 11 is 1.62. The highest BCUT2D eigenvalue weighted by Gasteiger charge is 2.19. The Bertz CT molecular complexity index is 734. The van der Waals surface area contributed by atoms with Crippen LogP contribution in [0, 0.1) is 6.92 Å². The van der Waals surface area contributed by atoms with Gasteiger partial charge >= 0.3 is 0 Å². The first-order valence-electron chi connectivity index (χ1n) is 9.76. The van der Waals surface area contributed by atoms with Crippen molar-refractivity contribution in [3.8, 4) is 11.5 Å². The van der Waals surface area contributed by atoms with E-state index in [1.807, 2.05) is 30.5 Å². The SMILES string of the molecule is COc1cc(C[NH2+]C[C@H](O)C[NH+]2CCOCC2)ccc1OCc1csc(C)n1. The van der Waals surface area contributed by atoms with Crippen LogP contribution in [0.3, 0.4) is 0 Å². The predicted octanol–water partition coefficient (Wildman–Crippen LogP) is -0.621. The fraction of sp³-hybridized carbons (Fsp3) is 0.550. The number of nitrogens with one attached hydrogen (secondary N) is 1. The molecule has 4 N–H and O–H groups in total. The number of aliphatic hydroxyl groups excluding tert-OH is 1. The zero-order valence-electron chi connectivity index (χ0n) is 16.6. The molecule has 8 heteroatoms. The molecule has 1 aromatic carbocycles. The first-order chi connectivity index (χ1) is 13.6. The van der Waals surface area contributed by atoms with Crippen molar-refractivity contribution in [2.75, 3.05) is 46.5 Å². The highest BCUT2D eigenvalue weighted by molar-refractivity contribution is 7.09. The fourth-order valence-electron chi connectivity index (χ4n) is 3.31. The van der Waals surface area contributed by atoms with Gasteiger partial charge in [0.25, 0.3) is 0 Å². The summed E-state index contributed by atoms with van der Waals surface area (Å²) in [4.78, 5) is 5.83. The maximum Gasteiger partial charge on any atom is 0.161 e. The smallest absolute Gasteiger partial charge is 0.161 e. The molecule has 1 fully saturated rings. The minimum Gasteiger partial charge on any atom is -0.493 e. The second kappa shape index (κ2) is 10.7. The number of aromatic nitrogens is 1. The number of thiazole rings is 1. The molecule has 1 atom stereocenters. The number of morpholine rings is 1. The van der Waals surface area contributed by atoms with Crippen LogP contribution in [0.25, 0.3) is 0 Å². The summed E-state index contributed by atoms with van der Waals surface area (Å²) in [7, 11) is 1.65. The number of methoxy groups -OCH3 is 1. The summed E-state index contributed by atoms with van der Waals surface area (Å²) in [5.41, 5.74) is 2.07. The number of benzene rings is 1. The third-order valence-corrected chi connectivity index (χ3v) is 5.64. The summed E-state index contributed by atoms with van der Waals surface area (Å²) in [6.45, 7) is 8.23. The molecule has 1 aliphatic heterocycles. The lowest BCUT2D eigenvalue weighted by molar-refractivity contribution is -0.912. The van der Waals surface area contributed by atoms with Crippen molar-refractivity contribution in [3.05, 3.63) is 39.8 Å². The molecule has 1 aromatic heterocycles. The summed E-state index contributed by atoms with van der Waals surface area (Å²) in [5.74, 6) is 1.43. The van der Waals surface area contributed by atoms with Crippen LogP contribution in [-0.2, 0) is 17.9 Å². The van der Waals surface area contributed by atoms with Gasteiger partial charge in [0.2, 0.25) is 0 Å². The molecule has 2 heterocycles. The Balaban J connectivity index is 1.44. The highest BCUT2D eigenvalue weighted by atomic mass is 32.1. The van der Waals surface area contributed by atoms with Gasteiger partial charge in [-0.1, -0.05) is 0 Å². The van der Waals surface area contributed by atoms with Crippen molar-refractivity contribution < 1.29 is 29.5 Å². The standard InChI is InChI=1S/C20H29N3O4S/c1-15-22-17(14-28-15)13-27-19-4-3-16(9-20(19)25-2)10-21-11-18(24)12-23-5-7-26-8-6-23/h3-4,9,14,18,21,24H,5-8,10-13H2,1-2H3/p+2/t18-/m0/s1. The van der Waals surface area contributed by atoms with E-state index >= 15 is 0 Å². The van der Waals surface area contributed by atoms with Crippen LogP contribution in [0.4, 0.5) is 0 Å². The van der Waals surface area contributed by atoms with Gasteiger partial charge in [-0.25, -0.2) is 4.98 Å². The number of nitrogens with zero attached hydrogens (tertiary/aromatic N) is 1. The van der Waals surface area contributed by atoms with Crippen LogP contribution in [-0.4, -0.2) is 62.7 Å². The van der Waals surface area contributed by atoms with Gasteiger partial charge in [0, 0.05) is 10.9 Å². The Morgan fingerprint density at radius 3 is 2.86 bits per heavy atom. The first-order valence-corrected chi connectivity index (χ1v) is 10.6. The molecule has 1 saturated heterocycles. The zero-order chi connectivity index (χ0) is 19.8. The monoisotopic (exact) mass is 409 g/mol. The number of nitrogens with two attached hydrogens (primary N) is 1. The number of rotatable bonds is 10. The minimum absolute atomic E-state index is 0.306. The Kier molecular flexibility index (Phi) is 8.05. The lowest BCUT2D eigenvalue weighted by atomic mass is 10.2. The largest absolute Gasteiger partial charge is 0.493 e. The predicted molar refractivity (Wildman–Crippen MR) is 107 cm³/mol. The van der Waals surface area contributed by atoms with Crippen molar-refractivity contribution in [2.45, 2.75) is 26.2 Å². The van der Waals surface area contributed by atoms with E-state index in [1.54, 1.807) is 18.4 Å². The third kappa shape index (κ3) is 6.42. The molecule has 0 aliphatic carbocycles. The quantitative estimate of drug-likeness (QED) is 0.487. The maximum atomic E-state index is 10.3. The number of aryl methyl sites for hydroxylation is 1. The minimum atomic E-state index is -0.306. The fourth-order valence-corrected chi connectivity index (χ4v) is 3.90. The van der Waals surface area contributed by atoms with E-state index in [9.17, 15) is 5.11 Å². The summed E-state index contributed by atoms with van der Waals surface area (Å²) in [6.07, 6.45) is -0.306. The Morgan fingerprint density at radius 2 is 2.14 bits per heavy atom. The molecule has 0 saturated carbocycles. The van der Waals surface area contributed by atoms with Crippen LogP contribution in [0.15, 0.2) is 23.6 Å². The van der Waals surface area contributed by atoms with Gasteiger partial charge in [-0.15, -0.1) is 11.3 Å². The average molecular weight is 410 g/mol. The molecular weight excluding hydrogens is 378 g/mol. The molecule has 0 bridgehead atoms.